The first-order chi connectivity index (χ1) is 7.59. The molecule has 0 bridgehead atoms. The van der Waals surface area contributed by atoms with E-state index < -0.39 is 6.10 Å². The Morgan fingerprint density at radius 1 is 1.69 bits per heavy atom. The maximum absolute atomic E-state index is 11.9. The van der Waals surface area contributed by atoms with E-state index in [9.17, 15) is 9.90 Å². The lowest BCUT2D eigenvalue weighted by molar-refractivity contribution is 0.0544. The SMILES string of the molecule is Cc1cc(C(=O)N(C)[C@H]2CNC[C@@H]2O)on1. The standard InChI is InChI=1S/C10H15N3O3/c1-6-3-9(16-12-6)10(15)13(2)7-4-11-5-8(7)14/h3,7-8,11,14H,4-5H2,1-2H3/t7-,8-/m0/s1. The molecule has 2 rings (SSSR count). The fourth-order valence-corrected chi connectivity index (χ4v) is 1.84. The van der Waals surface area contributed by atoms with E-state index in [4.69, 9.17) is 4.52 Å². The highest BCUT2D eigenvalue weighted by Gasteiger charge is 2.32. The van der Waals surface area contributed by atoms with E-state index in [1.165, 1.54) is 4.90 Å². The Labute approximate surface area is 93.2 Å². The fraction of sp³-hybridized carbons (Fsp3) is 0.600. The summed E-state index contributed by atoms with van der Waals surface area (Å²) < 4.78 is 4.90. The van der Waals surface area contributed by atoms with Gasteiger partial charge < -0.3 is 19.8 Å². The molecule has 0 spiro atoms. The molecule has 2 atom stereocenters. The predicted molar refractivity (Wildman–Crippen MR) is 56.0 cm³/mol. The van der Waals surface area contributed by atoms with Gasteiger partial charge in [0.05, 0.1) is 17.8 Å². The summed E-state index contributed by atoms with van der Waals surface area (Å²) in [6.07, 6.45) is -0.530. The molecular weight excluding hydrogens is 210 g/mol. The van der Waals surface area contributed by atoms with Gasteiger partial charge in [0.25, 0.3) is 5.91 Å². The van der Waals surface area contributed by atoms with E-state index in [2.05, 4.69) is 10.5 Å². The van der Waals surface area contributed by atoms with Crippen molar-refractivity contribution < 1.29 is 14.4 Å². The number of carbonyl (C=O) groups is 1. The summed E-state index contributed by atoms with van der Waals surface area (Å²) in [5.41, 5.74) is 0.668. The monoisotopic (exact) mass is 225 g/mol. The van der Waals surface area contributed by atoms with E-state index >= 15 is 0 Å². The van der Waals surface area contributed by atoms with Crippen molar-refractivity contribution in [2.45, 2.75) is 19.1 Å². The molecule has 0 radical (unpaired) electrons. The number of β-amino-alcohol motifs (C(OH)–C–C–N with tert-alkyl or cyclic N) is 1. The number of nitrogens with zero attached hydrogens (tertiary/aromatic N) is 2. The minimum absolute atomic E-state index is 0.208. The van der Waals surface area contributed by atoms with Crippen LogP contribution >= 0.6 is 0 Å². The molecule has 1 aliphatic heterocycles. The second-order valence-corrected chi connectivity index (χ2v) is 4.04. The van der Waals surface area contributed by atoms with Crippen LogP contribution in [0.4, 0.5) is 0 Å². The van der Waals surface area contributed by atoms with Crippen LogP contribution in [-0.2, 0) is 0 Å². The molecule has 2 heterocycles. The van der Waals surface area contributed by atoms with Gasteiger partial charge in [-0.25, -0.2) is 0 Å². The molecule has 1 saturated heterocycles. The number of amides is 1. The van der Waals surface area contributed by atoms with Crippen molar-refractivity contribution in [3.63, 3.8) is 0 Å². The largest absolute Gasteiger partial charge is 0.390 e. The van der Waals surface area contributed by atoms with Crippen molar-refractivity contribution in [3.05, 3.63) is 17.5 Å². The zero-order valence-corrected chi connectivity index (χ0v) is 9.30. The van der Waals surface area contributed by atoms with Crippen molar-refractivity contribution in [1.82, 2.24) is 15.4 Å². The Bertz CT molecular complexity index is 390. The van der Waals surface area contributed by atoms with Crippen LogP contribution in [0.15, 0.2) is 10.6 Å². The topological polar surface area (TPSA) is 78.6 Å². The number of hydrogen-bond donors (Lipinski definition) is 2. The summed E-state index contributed by atoms with van der Waals surface area (Å²) in [6.45, 7) is 2.86. The summed E-state index contributed by atoms with van der Waals surface area (Å²) >= 11 is 0. The Morgan fingerprint density at radius 3 is 2.94 bits per heavy atom. The van der Waals surface area contributed by atoms with Gasteiger partial charge in [0.1, 0.15) is 0 Å². The molecule has 1 aromatic heterocycles. The van der Waals surface area contributed by atoms with Crippen molar-refractivity contribution in [2.24, 2.45) is 0 Å². The van der Waals surface area contributed by atoms with E-state index in [-0.39, 0.29) is 17.7 Å². The third-order valence-corrected chi connectivity index (χ3v) is 2.81. The summed E-state index contributed by atoms with van der Waals surface area (Å²) in [4.78, 5) is 13.4. The molecule has 0 unspecified atom stereocenters. The molecule has 1 aromatic rings. The lowest BCUT2D eigenvalue weighted by atomic mass is 10.2. The smallest absolute Gasteiger partial charge is 0.292 e. The number of hydrogen-bond acceptors (Lipinski definition) is 5. The number of likely N-dealkylation sites (N-methyl/N-ethyl adjacent to an activating group) is 1. The first-order valence-corrected chi connectivity index (χ1v) is 5.19. The highest BCUT2D eigenvalue weighted by molar-refractivity contribution is 5.91. The molecule has 0 aliphatic carbocycles. The number of nitrogens with one attached hydrogen (secondary N) is 1. The molecule has 1 aliphatic rings. The van der Waals surface area contributed by atoms with Gasteiger partial charge in [-0.05, 0) is 6.92 Å². The highest BCUT2D eigenvalue weighted by Crippen LogP contribution is 2.12. The summed E-state index contributed by atoms with van der Waals surface area (Å²) in [7, 11) is 1.65. The van der Waals surface area contributed by atoms with Gasteiger partial charge in [0.2, 0.25) is 5.76 Å². The molecule has 6 nitrogen and oxygen atoms in total. The van der Waals surface area contributed by atoms with Crippen LogP contribution in [0.25, 0.3) is 0 Å². The lowest BCUT2D eigenvalue weighted by Crippen LogP contribution is -2.44. The quantitative estimate of drug-likeness (QED) is 0.702. The third kappa shape index (κ3) is 1.94. The van der Waals surface area contributed by atoms with Crippen molar-refractivity contribution >= 4 is 5.91 Å². The van der Waals surface area contributed by atoms with Gasteiger partial charge in [-0.1, -0.05) is 5.16 Å². The van der Waals surface area contributed by atoms with Gasteiger partial charge in [0.15, 0.2) is 0 Å². The maximum Gasteiger partial charge on any atom is 0.292 e. The predicted octanol–water partition coefficient (Wildman–Crippen LogP) is -0.612. The second-order valence-electron chi connectivity index (χ2n) is 4.04. The summed E-state index contributed by atoms with van der Waals surface area (Å²) in [5.74, 6) is -0.0487. The number of aryl methyl sites for hydroxylation is 1. The zero-order chi connectivity index (χ0) is 11.7. The van der Waals surface area contributed by atoms with Crippen LogP contribution in [0.2, 0.25) is 0 Å². The molecule has 1 amide bonds. The average Bonchev–Trinajstić information content (AvgIpc) is 2.85. The number of carbonyl (C=O) groups excluding carboxylic acids is 1. The van der Waals surface area contributed by atoms with E-state index in [0.29, 0.717) is 18.8 Å². The third-order valence-electron chi connectivity index (χ3n) is 2.81. The summed E-state index contributed by atoms with van der Waals surface area (Å²) in [5, 5.41) is 16.3. The first kappa shape index (κ1) is 11.1. The van der Waals surface area contributed by atoms with E-state index in [1.54, 1.807) is 20.0 Å². The molecule has 0 saturated carbocycles. The van der Waals surface area contributed by atoms with Gasteiger partial charge >= 0.3 is 0 Å². The molecular formula is C10H15N3O3. The van der Waals surface area contributed by atoms with E-state index in [1.807, 2.05) is 0 Å². The van der Waals surface area contributed by atoms with Crippen LogP contribution in [0, 0.1) is 6.92 Å². The van der Waals surface area contributed by atoms with Crippen molar-refractivity contribution in [3.8, 4) is 0 Å². The van der Waals surface area contributed by atoms with Gasteiger partial charge in [-0.15, -0.1) is 0 Å². The van der Waals surface area contributed by atoms with Crippen LogP contribution in [-0.4, -0.2) is 53.4 Å². The first-order valence-electron chi connectivity index (χ1n) is 5.19. The minimum Gasteiger partial charge on any atom is -0.390 e. The molecule has 2 N–H and O–H groups in total. The normalized spacial score (nSPS) is 24.7. The second kappa shape index (κ2) is 4.23. The lowest BCUT2D eigenvalue weighted by Gasteiger charge is -2.25. The molecule has 1 fully saturated rings. The number of aliphatic hydroxyl groups excluding tert-OH is 1. The molecule has 16 heavy (non-hydrogen) atoms. The van der Waals surface area contributed by atoms with Gasteiger partial charge in [0, 0.05) is 26.2 Å². The van der Waals surface area contributed by atoms with Gasteiger partial charge in [-0.3, -0.25) is 4.79 Å². The van der Waals surface area contributed by atoms with Crippen LogP contribution in [0.5, 0.6) is 0 Å². The van der Waals surface area contributed by atoms with Crippen molar-refractivity contribution in [2.75, 3.05) is 20.1 Å². The zero-order valence-electron chi connectivity index (χ0n) is 9.30. The van der Waals surface area contributed by atoms with Crippen LogP contribution in [0.1, 0.15) is 16.2 Å². The Hall–Kier alpha value is -1.40. The van der Waals surface area contributed by atoms with Crippen LogP contribution in [0.3, 0.4) is 0 Å². The highest BCUT2D eigenvalue weighted by atomic mass is 16.5. The fourth-order valence-electron chi connectivity index (χ4n) is 1.84. The molecule has 0 aromatic carbocycles. The maximum atomic E-state index is 11.9. The minimum atomic E-state index is -0.530. The van der Waals surface area contributed by atoms with Crippen molar-refractivity contribution in [1.29, 1.82) is 0 Å². The number of aliphatic hydroxyl groups is 1. The Morgan fingerprint density at radius 2 is 2.44 bits per heavy atom. The summed E-state index contributed by atoms with van der Waals surface area (Å²) in [6, 6.07) is 1.38. The van der Waals surface area contributed by atoms with Crippen LogP contribution < -0.4 is 5.32 Å². The molecule has 88 valence electrons. The van der Waals surface area contributed by atoms with E-state index in [0.717, 1.165) is 0 Å². The Kier molecular flexibility index (Phi) is 2.93. The number of aromatic nitrogens is 1. The Balaban J connectivity index is 2.10. The average molecular weight is 225 g/mol. The molecule has 6 heteroatoms. The van der Waals surface area contributed by atoms with Gasteiger partial charge in [-0.2, -0.15) is 0 Å². The number of rotatable bonds is 2.